The van der Waals surface area contributed by atoms with Crippen molar-refractivity contribution in [3.63, 3.8) is 0 Å². The molecular formula is C10H9N6. The lowest BCUT2D eigenvalue weighted by molar-refractivity contribution is 0.736. The normalized spacial score (nSPS) is 11.1. The third-order valence-electron chi connectivity index (χ3n) is 2.50. The molecule has 2 heterocycles. The highest BCUT2D eigenvalue weighted by Gasteiger charge is 2.10. The Morgan fingerprint density at radius 1 is 1.25 bits per heavy atom. The van der Waals surface area contributed by atoms with E-state index in [1.807, 2.05) is 25.2 Å². The largest absolute Gasteiger partial charge is 0.283 e. The standard InChI is InChI=1S/C10H9N6/c1-7-12-11-6-16(7)9-5-3-4-8-10(9)13-14-15(8)2/h3-6H,1H2,2H3. The Balaban J connectivity index is 2.36. The molecule has 0 unspecified atom stereocenters. The molecule has 79 valence electrons. The van der Waals surface area contributed by atoms with E-state index in [9.17, 15) is 0 Å². The summed E-state index contributed by atoms with van der Waals surface area (Å²) in [4.78, 5) is 0. The van der Waals surface area contributed by atoms with Crippen molar-refractivity contribution in [2.24, 2.45) is 7.05 Å². The molecule has 0 spiro atoms. The van der Waals surface area contributed by atoms with Gasteiger partial charge in [-0.05, 0) is 12.1 Å². The number of hydrogen-bond acceptors (Lipinski definition) is 4. The van der Waals surface area contributed by atoms with Gasteiger partial charge < -0.3 is 0 Å². The Morgan fingerprint density at radius 3 is 2.88 bits per heavy atom. The van der Waals surface area contributed by atoms with Crippen molar-refractivity contribution in [2.75, 3.05) is 0 Å². The van der Waals surface area contributed by atoms with Crippen LogP contribution in [-0.4, -0.2) is 29.8 Å². The van der Waals surface area contributed by atoms with Gasteiger partial charge in [-0.2, -0.15) is 0 Å². The lowest BCUT2D eigenvalue weighted by atomic mass is 10.2. The summed E-state index contributed by atoms with van der Waals surface area (Å²) in [5.74, 6) is 0.582. The zero-order chi connectivity index (χ0) is 11.1. The molecule has 0 fully saturated rings. The first-order valence-corrected chi connectivity index (χ1v) is 4.78. The fraction of sp³-hybridized carbons (Fsp3) is 0.100. The maximum absolute atomic E-state index is 4.12. The average Bonchev–Trinajstić information content (AvgIpc) is 2.86. The number of rotatable bonds is 1. The van der Waals surface area contributed by atoms with E-state index >= 15 is 0 Å². The van der Waals surface area contributed by atoms with Crippen LogP contribution in [0.2, 0.25) is 0 Å². The Hall–Kier alpha value is -2.24. The van der Waals surface area contributed by atoms with Gasteiger partial charge in [0.2, 0.25) is 0 Å². The Kier molecular flexibility index (Phi) is 1.76. The van der Waals surface area contributed by atoms with Crippen molar-refractivity contribution in [2.45, 2.75) is 0 Å². The van der Waals surface area contributed by atoms with E-state index in [-0.39, 0.29) is 0 Å². The third kappa shape index (κ3) is 1.13. The number of aromatic nitrogens is 6. The number of hydrogen-bond donors (Lipinski definition) is 0. The minimum atomic E-state index is 0.582. The van der Waals surface area contributed by atoms with Gasteiger partial charge in [-0.1, -0.05) is 11.3 Å². The second-order valence-corrected chi connectivity index (χ2v) is 3.48. The summed E-state index contributed by atoms with van der Waals surface area (Å²) in [6.45, 7) is 3.80. The van der Waals surface area contributed by atoms with Crippen LogP contribution in [-0.2, 0) is 7.05 Å². The molecule has 0 aliphatic carbocycles. The van der Waals surface area contributed by atoms with Crippen LogP contribution in [0.1, 0.15) is 5.82 Å². The highest BCUT2D eigenvalue weighted by Crippen LogP contribution is 2.19. The first-order valence-electron chi connectivity index (χ1n) is 4.78. The maximum atomic E-state index is 4.12. The molecule has 3 rings (SSSR count). The maximum Gasteiger partial charge on any atom is 0.137 e. The Labute approximate surface area is 91.5 Å². The van der Waals surface area contributed by atoms with Gasteiger partial charge in [0.05, 0.1) is 11.2 Å². The number of benzene rings is 1. The molecule has 0 atom stereocenters. The quantitative estimate of drug-likeness (QED) is 0.598. The van der Waals surface area contributed by atoms with Crippen LogP contribution >= 0.6 is 0 Å². The predicted octanol–water partition coefficient (Wildman–Crippen LogP) is 0.731. The monoisotopic (exact) mass is 213 g/mol. The van der Waals surface area contributed by atoms with E-state index < -0.39 is 0 Å². The lowest BCUT2D eigenvalue weighted by Gasteiger charge is -2.03. The van der Waals surface area contributed by atoms with Crippen molar-refractivity contribution < 1.29 is 0 Å². The smallest absolute Gasteiger partial charge is 0.137 e. The molecule has 0 aliphatic rings. The lowest BCUT2D eigenvalue weighted by Crippen LogP contribution is -1.96. The molecule has 0 bridgehead atoms. The first-order chi connectivity index (χ1) is 7.77. The summed E-state index contributed by atoms with van der Waals surface area (Å²) in [5, 5.41) is 15.8. The fourth-order valence-corrected chi connectivity index (χ4v) is 1.70. The molecule has 6 heteroatoms. The molecule has 0 N–H and O–H groups in total. The molecule has 3 aromatic rings. The Bertz CT molecular complexity index is 650. The minimum Gasteiger partial charge on any atom is -0.283 e. The van der Waals surface area contributed by atoms with Crippen molar-refractivity contribution >= 4 is 11.0 Å². The van der Waals surface area contributed by atoms with Gasteiger partial charge in [-0.15, -0.1) is 15.3 Å². The summed E-state index contributed by atoms with van der Waals surface area (Å²) in [6, 6.07) is 5.85. The van der Waals surface area contributed by atoms with Crippen LogP contribution in [0.4, 0.5) is 0 Å². The number of fused-ring (bicyclic) bond motifs is 1. The van der Waals surface area contributed by atoms with Crippen LogP contribution < -0.4 is 0 Å². The predicted molar refractivity (Wildman–Crippen MR) is 57.9 cm³/mol. The molecule has 0 amide bonds. The molecule has 16 heavy (non-hydrogen) atoms. The number of nitrogens with zero attached hydrogens (tertiary/aromatic N) is 6. The van der Waals surface area contributed by atoms with Crippen LogP contribution in [0, 0.1) is 6.92 Å². The van der Waals surface area contributed by atoms with Crippen molar-refractivity contribution in [3.8, 4) is 5.69 Å². The van der Waals surface area contributed by atoms with E-state index in [1.165, 1.54) is 0 Å². The second-order valence-electron chi connectivity index (χ2n) is 3.48. The molecule has 2 aromatic heterocycles. The summed E-state index contributed by atoms with van der Waals surface area (Å²) in [7, 11) is 1.86. The molecule has 0 saturated carbocycles. The fourth-order valence-electron chi connectivity index (χ4n) is 1.70. The topological polar surface area (TPSA) is 61.4 Å². The van der Waals surface area contributed by atoms with Crippen LogP contribution in [0.25, 0.3) is 16.7 Å². The van der Waals surface area contributed by atoms with Crippen LogP contribution in [0.15, 0.2) is 24.5 Å². The van der Waals surface area contributed by atoms with Gasteiger partial charge in [0.1, 0.15) is 17.7 Å². The van der Waals surface area contributed by atoms with Gasteiger partial charge in [0.25, 0.3) is 0 Å². The minimum absolute atomic E-state index is 0.582. The second kappa shape index (κ2) is 3.13. The summed E-state index contributed by atoms with van der Waals surface area (Å²) in [5.41, 5.74) is 2.67. The van der Waals surface area contributed by atoms with Crippen molar-refractivity contribution in [1.29, 1.82) is 0 Å². The molecule has 6 nitrogen and oxygen atoms in total. The average molecular weight is 213 g/mol. The SMILES string of the molecule is [CH2]c1nncn1-c1cccc2c1nnn2C. The highest BCUT2D eigenvalue weighted by atomic mass is 15.4. The molecule has 1 aromatic carbocycles. The van der Waals surface area contributed by atoms with E-state index in [0.717, 1.165) is 16.7 Å². The summed E-state index contributed by atoms with van der Waals surface area (Å²) >= 11 is 0. The summed E-state index contributed by atoms with van der Waals surface area (Å²) < 4.78 is 3.52. The van der Waals surface area contributed by atoms with Gasteiger partial charge in [-0.3, -0.25) is 4.57 Å². The van der Waals surface area contributed by atoms with Gasteiger partial charge in [0, 0.05) is 14.0 Å². The zero-order valence-corrected chi connectivity index (χ0v) is 8.70. The third-order valence-corrected chi connectivity index (χ3v) is 2.50. The molecular weight excluding hydrogens is 204 g/mol. The first kappa shape index (κ1) is 9.02. The van der Waals surface area contributed by atoms with E-state index in [4.69, 9.17) is 0 Å². The molecule has 0 aliphatic heterocycles. The van der Waals surface area contributed by atoms with E-state index in [1.54, 1.807) is 15.6 Å². The van der Waals surface area contributed by atoms with Crippen LogP contribution in [0.5, 0.6) is 0 Å². The van der Waals surface area contributed by atoms with E-state index in [0.29, 0.717) is 5.82 Å². The van der Waals surface area contributed by atoms with Crippen LogP contribution in [0.3, 0.4) is 0 Å². The Morgan fingerprint density at radius 2 is 2.12 bits per heavy atom. The van der Waals surface area contributed by atoms with Crippen molar-refractivity contribution in [3.05, 3.63) is 37.3 Å². The molecule has 0 saturated heterocycles. The summed E-state index contributed by atoms with van der Waals surface area (Å²) in [6.07, 6.45) is 1.62. The zero-order valence-electron chi connectivity index (χ0n) is 8.70. The van der Waals surface area contributed by atoms with Gasteiger partial charge >= 0.3 is 0 Å². The van der Waals surface area contributed by atoms with Gasteiger partial charge in [-0.25, -0.2) is 4.68 Å². The van der Waals surface area contributed by atoms with E-state index in [2.05, 4.69) is 27.4 Å². The number of aryl methyl sites for hydroxylation is 1. The van der Waals surface area contributed by atoms with Crippen molar-refractivity contribution in [1.82, 2.24) is 29.8 Å². The van der Waals surface area contributed by atoms with Gasteiger partial charge in [0.15, 0.2) is 0 Å². The molecule has 1 radical (unpaired) electrons. The highest BCUT2D eigenvalue weighted by molar-refractivity contribution is 5.83.